The van der Waals surface area contributed by atoms with Crippen LogP contribution in [0.25, 0.3) is 11.3 Å². The number of ether oxygens (including phenoxy) is 1. The maximum atomic E-state index is 14.2. The van der Waals surface area contributed by atoms with E-state index in [-0.39, 0.29) is 24.8 Å². The fourth-order valence-corrected chi connectivity index (χ4v) is 4.50. The van der Waals surface area contributed by atoms with Gasteiger partial charge in [-0.2, -0.15) is 4.98 Å². The van der Waals surface area contributed by atoms with Gasteiger partial charge in [0.1, 0.15) is 5.82 Å². The summed E-state index contributed by atoms with van der Waals surface area (Å²) in [6.45, 7) is 3.53. The molecule has 0 spiro atoms. The lowest BCUT2D eigenvalue weighted by molar-refractivity contribution is -0.0351. The van der Waals surface area contributed by atoms with Crippen molar-refractivity contribution in [3.63, 3.8) is 0 Å². The summed E-state index contributed by atoms with van der Waals surface area (Å²) in [6.07, 6.45) is 3.77. The molecule has 3 fully saturated rings. The van der Waals surface area contributed by atoms with E-state index in [9.17, 15) is 8.78 Å². The van der Waals surface area contributed by atoms with Crippen molar-refractivity contribution in [2.75, 3.05) is 54.9 Å². The third-order valence-electron chi connectivity index (χ3n) is 6.12. The molecule has 2 aromatic heterocycles. The molecule has 1 aliphatic carbocycles. The van der Waals surface area contributed by atoms with Crippen molar-refractivity contribution in [3.8, 4) is 11.3 Å². The highest BCUT2D eigenvalue weighted by atomic mass is 19.3. The lowest BCUT2D eigenvalue weighted by Crippen LogP contribution is -2.37. The van der Waals surface area contributed by atoms with Crippen LogP contribution in [0.1, 0.15) is 12.8 Å². The number of fused-ring (bicyclic) bond motifs is 1. The van der Waals surface area contributed by atoms with Gasteiger partial charge in [-0.15, -0.1) is 0 Å². The summed E-state index contributed by atoms with van der Waals surface area (Å²) in [4.78, 5) is 21.5. The van der Waals surface area contributed by atoms with Gasteiger partial charge in [-0.3, -0.25) is 0 Å². The van der Waals surface area contributed by atoms with Crippen molar-refractivity contribution in [1.82, 2.24) is 19.9 Å². The van der Waals surface area contributed by atoms with E-state index in [1.165, 1.54) is 0 Å². The van der Waals surface area contributed by atoms with Crippen molar-refractivity contribution >= 4 is 17.7 Å². The second-order valence-corrected chi connectivity index (χ2v) is 7.91. The van der Waals surface area contributed by atoms with Crippen LogP contribution in [0.15, 0.2) is 18.5 Å². The average Bonchev–Trinajstić information content (AvgIpc) is 3.29. The number of anilines is 3. The number of hydrogen-bond acceptors (Lipinski definition) is 8. The van der Waals surface area contributed by atoms with Crippen LogP contribution in [0.3, 0.4) is 0 Å². The number of morpholine rings is 1. The maximum Gasteiger partial charge on any atom is 0.252 e. The van der Waals surface area contributed by atoms with E-state index in [4.69, 9.17) is 15.5 Å². The molecule has 0 bridgehead atoms. The molecule has 2 atom stereocenters. The van der Waals surface area contributed by atoms with Gasteiger partial charge in [-0.05, 0) is 12.3 Å². The second kappa shape index (κ2) is 7.01. The highest BCUT2D eigenvalue weighted by molar-refractivity contribution is 5.64. The van der Waals surface area contributed by atoms with Gasteiger partial charge in [-0.25, -0.2) is 23.7 Å². The molecule has 3 aliphatic rings. The van der Waals surface area contributed by atoms with Crippen molar-refractivity contribution in [2.45, 2.75) is 18.8 Å². The van der Waals surface area contributed by atoms with Gasteiger partial charge in [0.2, 0.25) is 11.9 Å². The minimum Gasteiger partial charge on any atom is -0.378 e. The number of halogens is 2. The number of hydrogen-bond donors (Lipinski definition) is 1. The number of nitrogens with two attached hydrogens (primary N) is 1. The Bertz CT molecular complexity index is 889. The average molecular weight is 403 g/mol. The van der Waals surface area contributed by atoms with Crippen molar-refractivity contribution in [2.24, 2.45) is 11.8 Å². The Kier molecular flexibility index (Phi) is 4.45. The Morgan fingerprint density at radius 3 is 2.55 bits per heavy atom. The molecule has 2 saturated heterocycles. The fourth-order valence-electron chi connectivity index (χ4n) is 4.50. The SMILES string of the molecule is Nc1ncc(-c2cc(N3CCOCC3)nc(N3C[C@H]4CCC(F)(F)[C@H]4C3)n2)cn1. The molecule has 154 valence electrons. The third kappa shape index (κ3) is 3.45. The normalized spacial score (nSPS) is 26.0. The van der Waals surface area contributed by atoms with Crippen LogP contribution in [0.2, 0.25) is 0 Å². The van der Waals surface area contributed by atoms with Crippen LogP contribution < -0.4 is 15.5 Å². The van der Waals surface area contributed by atoms with E-state index in [1.807, 2.05) is 11.0 Å². The van der Waals surface area contributed by atoms with Crippen LogP contribution in [-0.4, -0.2) is 65.3 Å². The molecule has 0 radical (unpaired) electrons. The highest BCUT2D eigenvalue weighted by Gasteiger charge is 2.54. The van der Waals surface area contributed by atoms with Crippen molar-refractivity contribution in [3.05, 3.63) is 18.5 Å². The number of alkyl halides is 2. The van der Waals surface area contributed by atoms with Gasteiger partial charge in [0, 0.05) is 62.5 Å². The first kappa shape index (κ1) is 18.4. The number of rotatable bonds is 3. The topological polar surface area (TPSA) is 93.3 Å². The predicted molar refractivity (Wildman–Crippen MR) is 104 cm³/mol. The van der Waals surface area contributed by atoms with Crippen molar-refractivity contribution in [1.29, 1.82) is 0 Å². The molecule has 0 amide bonds. The molecular weight excluding hydrogens is 380 g/mol. The van der Waals surface area contributed by atoms with E-state index in [1.54, 1.807) is 12.4 Å². The highest BCUT2D eigenvalue weighted by Crippen LogP contribution is 2.48. The molecule has 10 heteroatoms. The predicted octanol–water partition coefficient (Wildman–Crippen LogP) is 1.83. The molecule has 0 aromatic carbocycles. The molecule has 5 rings (SSSR count). The Morgan fingerprint density at radius 1 is 1.07 bits per heavy atom. The second-order valence-electron chi connectivity index (χ2n) is 7.91. The zero-order valence-electron chi connectivity index (χ0n) is 16.0. The number of nitrogen functional groups attached to an aromatic ring is 1. The van der Waals surface area contributed by atoms with Gasteiger partial charge < -0.3 is 20.3 Å². The lowest BCUT2D eigenvalue weighted by atomic mass is 9.99. The first-order valence-corrected chi connectivity index (χ1v) is 9.92. The van der Waals surface area contributed by atoms with Crippen LogP contribution >= 0.6 is 0 Å². The molecule has 1 saturated carbocycles. The quantitative estimate of drug-likeness (QED) is 0.830. The van der Waals surface area contributed by atoms with Gasteiger partial charge in [-0.1, -0.05) is 0 Å². The molecule has 29 heavy (non-hydrogen) atoms. The van der Waals surface area contributed by atoms with Gasteiger partial charge >= 0.3 is 0 Å². The minimum absolute atomic E-state index is 0.0102. The molecule has 2 N–H and O–H groups in total. The Morgan fingerprint density at radius 2 is 1.83 bits per heavy atom. The number of nitrogens with zero attached hydrogens (tertiary/aromatic N) is 6. The largest absolute Gasteiger partial charge is 0.378 e. The summed E-state index contributed by atoms with van der Waals surface area (Å²) in [7, 11) is 0. The summed E-state index contributed by atoms with van der Waals surface area (Å²) in [5.74, 6) is -1.81. The van der Waals surface area contributed by atoms with Gasteiger partial charge in [0.15, 0.2) is 0 Å². The summed E-state index contributed by atoms with van der Waals surface area (Å²) >= 11 is 0. The van der Waals surface area contributed by atoms with E-state index >= 15 is 0 Å². The van der Waals surface area contributed by atoms with E-state index in [0.717, 1.165) is 18.9 Å². The molecule has 2 aliphatic heterocycles. The zero-order valence-corrected chi connectivity index (χ0v) is 16.0. The Balaban J connectivity index is 1.50. The molecular formula is C19H23F2N7O. The first-order valence-electron chi connectivity index (χ1n) is 9.92. The molecule has 4 heterocycles. The zero-order chi connectivity index (χ0) is 20.0. The monoisotopic (exact) mass is 403 g/mol. The summed E-state index contributed by atoms with van der Waals surface area (Å²) in [5.41, 5.74) is 6.97. The maximum absolute atomic E-state index is 14.2. The lowest BCUT2D eigenvalue weighted by Gasteiger charge is -2.29. The van der Waals surface area contributed by atoms with E-state index < -0.39 is 11.8 Å². The first-order chi connectivity index (χ1) is 14.0. The van der Waals surface area contributed by atoms with Crippen molar-refractivity contribution < 1.29 is 13.5 Å². The fraction of sp³-hybridized carbons (Fsp3) is 0.579. The van der Waals surface area contributed by atoms with E-state index in [0.29, 0.717) is 43.4 Å². The molecule has 2 aromatic rings. The minimum atomic E-state index is -2.60. The summed E-state index contributed by atoms with van der Waals surface area (Å²) in [6, 6.07) is 1.88. The Hall–Kier alpha value is -2.62. The van der Waals surface area contributed by atoms with Crippen LogP contribution in [-0.2, 0) is 4.74 Å². The van der Waals surface area contributed by atoms with E-state index in [2.05, 4.69) is 19.9 Å². The van der Waals surface area contributed by atoms with Crippen LogP contribution in [0.5, 0.6) is 0 Å². The van der Waals surface area contributed by atoms with Gasteiger partial charge in [0.05, 0.1) is 18.9 Å². The molecule has 0 unspecified atom stereocenters. The molecule has 8 nitrogen and oxygen atoms in total. The standard InChI is InChI=1S/C19H23F2N7O/c20-19(21)2-1-12-10-28(11-14(12)19)18-25-15(13-8-23-17(22)24-9-13)7-16(26-18)27-3-5-29-6-4-27/h7-9,12,14H,1-6,10-11H2,(H2,22,23,24)/t12-,14+/m1/s1. The number of aromatic nitrogens is 4. The Labute approximate surface area is 167 Å². The summed E-state index contributed by atoms with van der Waals surface area (Å²) < 4.78 is 33.9. The third-order valence-corrected chi connectivity index (χ3v) is 6.12. The van der Waals surface area contributed by atoms with Crippen LogP contribution in [0.4, 0.5) is 26.5 Å². The summed E-state index contributed by atoms with van der Waals surface area (Å²) in [5, 5.41) is 0. The smallest absolute Gasteiger partial charge is 0.252 e. The van der Waals surface area contributed by atoms with Crippen LogP contribution in [0, 0.1) is 11.8 Å². The van der Waals surface area contributed by atoms with Gasteiger partial charge in [0.25, 0.3) is 5.92 Å².